The van der Waals surface area contributed by atoms with Crippen molar-refractivity contribution in [1.82, 2.24) is 14.8 Å². The van der Waals surface area contributed by atoms with Gasteiger partial charge < -0.3 is 15.0 Å². The number of amides is 1. The molecule has 2 aromatic rings. The van der Waals surface area contributed by atoms with Crippen LogP contribution in [0.25, 0.3) is 0 Å². The first-order valence-corrected chi connectivity index (χ1v) is 10.5. The summed E-state index contributed by atoms with van der Waals surface area (Å²) in [5.41, 5.74) is -0.529. The first kappa shape index (κ1) is 22.0. The largest absolute Gasteiger partial charge is 0.378 e. The lowest BCUT2D eigenvalue weighted by molar-refractivity contribution is -0.387. The lowest BCUT2D eigenvalue weighted by Crippen LogP contribution is -2.38. The van der Waals surface area contributed by atoms with Crippen LogP contribution < -0.4 is 10.2 Å². The van der Waals surface area contributed by atoms with Crippen LogP contribution in [0.3, 0.4) is 0 Å². The van der Waals surface area contributed by atoms with Gasteiger partial charge in [-0.1, -0.05) is 25.6 Å². The molecule has 30 heavy (non-hydrogen) atoms. The second-order valence-electron chi connectivity index (χ2n) is 7.15. The minimum absolute atomic E-state index is 0.0323. The molecule has 1 aromatic heterocycles. The van der Waals surface area contributed by atoms with Crippen molar-refractivity contribution in [1.29, 1.82) is 0 Å². The van der Waals surface area contributed by atoms with Crippen molar-refractivity contribution in [3.05, 3.63) is 34.1 Å². The van der Waals surface area contributed by atoms with Crippen molar-refractivity contribution in [3.63, 3.8) is 0 Å². The number of anilines is 2. The van der Waals surface area contributed by atoms with Crippen molar-refractivity contribution in [3.8, 4) is 0 Å². The Morgan fingerprint density at radius 1 is 1.37 bits per heavy atom. The van der Waals surface area contributed by atoms with Crippen LogP contribution in [0.4, 0.5) is 21.7 Å². The van der Waals surface area contributed by atoms with Gasteiger partial charge in [0.25, 0.3) is 0 Å². The number of hydrogen-bond donors (Lipinski definition) is 1. The Labute approximate surface area is 176 Å². The Bertz CT molecular complexity index is 916. The summed E-state index contributed by atoms with van der Waals surface area (Å²) in [4.78, 5) is 24.4. The summed E-state index contributed by atoms with van der Waals surface area (Å²) >= 11 is 1.23. The molecule has 1 saturated heterocycles. The number of nitro benzene ring substituents is 1. The van der Waals surface area contributed by atoms with Crippen molar-refractivity contribution in [2.75, 3.05) is 42.3 Å². The Balaban J connectivity index is 1.67. The lowest BCUT2D eigenvalue weighted by atomic mass is 10.2. The van der Waals surface area contributed by atoms with Crippen LogP contribution >= 0.6 is 11.8 Å². The van der Waals surface area contributed by atoms with Gasteiger partial charge in [0.1, 0.15) is 0 Å². The number of nitrogens with one attached hydrogen (secondary N) is 1. The molecule has 3 rings (SSSR count). The molecular formula is C18H23FN6O4S. The number of rotatable bonds is 8. The molecule has 12 heteroatoms. The number of benzene rings is 1. The van der Waals surface area contributed by atoms with Crippen molar-refractivity contribution < 1.29 is 18.8 Å². The topological polar surface area (TPSA) is 115 Å². The van der Waals surface area contributed by atoms with Gasteiger partial charge in [-0.2, -0.15) is 4.39 Å². The molecule has 1 amide bonds. The van der Waals surface area contributed by atoms with Crippen LogP contribution in [0.15, 0.2) is 23.4 Å². The maximum Gasteiger partial charge on any atom is 0.306 e. The molecule has 0 spiro atoms. The molecule has 0 unspecified atom stereocenters. The van der Waals surface area contributed by atoms with E-state index in [0.29, 0.717) is 30.8 Å². The third-order valence-corrected chi connectivity index (χ3v) is 5.26. The van der Waals surface area contributed by atoms with Crippen LogP contribution in [0.5, 0.6) is 0 Å². The highest BCUT2D eigenvalue weighted by Gasteiger charge is 2.22. The van der Waals surface area contributed by atoms with Gasteiger partial charge in [-0.25, -0.2) is 0 Å². The molecule has 2 heterocycles. The minimum Gasteiger partial charge on any atom is -0.378 e. The van der Waals surface area contributed by atoms with E-state index in [1.54, 1.807) is 0 Å². The van der Waals surface area contributed by atoms with Gasteiger partial charge in [0.05, 0.1) is 23.9 Å². The molecule has 0 aliphatic carbocycles. The van der Waals surface area contributed by atoms with Gasteiger partial charge >= 0.3 is 5.69 Å². The van der Waals surface area contributed by atoms with Crippen LogP contribution in [-0.2, 0) is 16.1 Å². The highest BCUT2D eigenvalue weighted by Crippen LogP contribution is 2.25. The van der Waals surface area contributed by atoms with E-state index in [4.69, 9.17) is 4.74 Å². The fourth-order valence-corrected chi connectivity index (χ4v) is 3.71. The van der Waals surface area contributed by atoms with Crippen LogP contribution in [-0.4, -0.2) is 57.7 Å². The predicted octanol–water partition coefficient (Wildman–Crippen LogP) is 2.55. The van der Waals surface area contributed by atoms with Crippen molar-refractivity contribution >= 4 is 35.0 Å². The van der Waals surface area contributed by atoms with E-state index in [1.807, 2.05) is 4.57 Å². The summed E-state index contributed by atoms with van der Waals surface area (Å²) in [7, 11) is 0. The molecule has 1 N–H and O–H groups in total. The highest BCUT2D eigenvalue weighted by atomic mass is 32.2. The number of nitrogens with zero attached hydrogens (tertiary/aromatic N) is 5. The van der Waals surface area contributed by atoms with E-state index >= 15 is 0 Å². The second kappa shape index (κ2) is 9.85. The van der Waals surface area contributed by atoms with E-state index in [1.165, 1.54) is 17.8 Å². The highest BCUT2D eigenvalue weighted by molar-refractivity contribution is 7.99. The standard InChI is InChI=1S/C18H23FN6O4S/c1-12(2)10-24-17(23-5-7-29-8-6-23)21-22-18(24)30-11-16(26)20-13-3-4-14(19)15(9-13)25(27)28/h3-4,9,12H,5-8,10-11H2,1-2H3,(H,20,26). The summed E-state index contributed by atoms with van der Waals surface area (Å²) in [6.07, 6.45) is 0. The molecule has 1 aromatic carbocycles. The molecule has 1 aliphatic rings. The molecular weight excluding hydrogens is 415 g/mol. The zero-order chi connectivity index (χ0) is 21.7. The number of carbonyl (C=O) groups excluding carboxylic acids is 1. The fraction of sp³-hybridized carbons (Fsp3) is 0.500. The van der Waals surface area contributed by atoms with Gasteiger partial charge in [0, 0.05) is 31.4 Å². The molecule has 162 valence electrons. The van der Waals surface area contributed by atoms with E-state index in [-0.39, 0.29) is 17.3 Å². The summed E-state index contributed by atoms with van der Waals surface area (Å²) in [6, 6.07) is 3.23. The number of thioether (sulfide) groups is 1. The number of ether oxygens (including phenoxy) is 1. The summed E-state index contributed by atoms with van der Waals surface area (Å²) < 4.78 is 20.8. The number of nitro groups is 1. The van der Waals surface area contributed by atoms with E-state index < -0.39 is 16.4 Å². The Hall–Kier alpha value is -2.73. The lowest BCUT2D eigenvalue weighted by Gasteiger charge is -2.28. The quantitative estimate of drug-likeness (QED) is 0.380. The SMILES string of the molecule is CC(C)Cn1c(SCC(=O)Nc2ccc(F)c([N+](=O)[O-])c2)nnc1N1CCOCC1. The molecule has 0 bridgehead atoms. The van der Waals surface area contributed by atoms with Crippen LogP contribution in [0.1, 0.15) is 13.8 Å². The second-order valence-corrected chi connectivity index (χ2v) is 8.09. The molecule has 1 aliphatic heterocycles. The summed E-state index contributed by atoms with van der Waals surface area (Å²) in [6.45, 7) is 7.59. The van der Waals surface area contributed by atoms with E-state index in [2.05, 4.69) is 34.3 Å². The molecule has 10 nitrogen and oxygen atoms in total. The first-order chi connectivity index (χ1) is 14.3. The van der Waals surface area contributed by atoms with Gasteiger partial charge in [0.15, 0.2) is 5.16 Å². The smallest absolute Gasteiger partial charge is 0.306 e. The average molecular weight is 438 g/mol. The molecule has 0 radical (unpaired) electrons. The molecule has 1 fully saturated rings. The van der Waals surface area contributed by atoms with Crippen molar-refractivity contribution in [2.24, 2.45) is 5.92 Å². The van der Waals surface area contributed by atoms with Gasteiger partial charge in [-0.3, -0.25) is 19.5 Å². The maximum atomic E-state index is 13.4. The number of morpholine rings is 1. The Kier molecular flexibility index (Phi) is 7.21. The zero-order valence-electron chi connectivity index (χ0n) is 16.7. The average Bonchev–Trinajstić information content (AvgIpc) is 3.10. The maximum absolute atomic E-state index is 13.4. The summed E-state index contributed by atoms with van der Waals surface area (Å²) in [5.74, 6) is -0.194. The van der Waals surface area contributed by atoms with Gasteiger partial charge in [-0.15, -0.1) is 10.2 Å². The van der Waals surface area contributed by atoms with Crippen LogP contribution in [0, 0.1) is 21.8 Å². The predicted molar refractivity (Wildman–Crippen MR) is 110 cm³/mol. The number of halogens is 1. The first-order valence-electron chi connectivity index (χ1n) is 9.47. The number of carbonyl (C=O) groups is 1. The van der Waals surface area contributed by atoms with Gasteiger partial charge in [0.2, 0.25) is 17.7 Å². The minimum atomic E-state index is -0.954. The van der Waals surface area contributed by atoms with Gasteiger partial charge in [-0.05, 0) is 18.1 Å². The normalized spacial score (nSPS) is 14.2. The summed E-state index contributed by atoms with van der Waals surface area (Å²) in [5, 5.41) is 22.6. The Morgan fingerprint density at radius 3 is 2.77 bits per heavy atom. The third-order valence-electron chi connectivity index (χ3n) is 4.30. The molecule has 0 atom stereocenters. The van der Waals surface area contributed by atoms with Crippen molar-refractivity contribution in [2.45, 2.75) is 25.5 Å². The fourth-order valence-electron chi connectivity index (χ4n) is 2.97. The van der Waals surface area contributed by atoms with E-state index in [0.717, 1.165) is 31.2 Å². The number of aromatic nitrogens is 3. The monoisotopic (exact) mass is 438 g/mol. The Morgan fingerprint density at radius 2 is 2.10 bits per heavy atom. The molecule has 0 saturated carbocycles. The third kappa shape index (κ3) is 5.45. The van der Waals surface area contributed by atoms with Crippen LogP contribution in [0.2, 0.25) is 0 Å². The zero-order valence-corrected chi connectivity index (χ0v) is 17.5. The van der Waals surface area contributed by atoms with E-state index in [9.17, 15) is 19.3 Å². The number of hydrogen-bond acceptors (Lipinski definition) is 8.